The Hall–Kier alpha value is -0.120. The Kier molecular flexibility index (Phi) is 3.42. The molecule has 0 amide bonds. The molecule has 3 atom stereocenters. The zero-order valence-electron chi connectivity index (χ0n) is 9.08. The predicted octanol–water partition coefficient (Wildman–Crippen LogP) is 0.584. The maximum absolute atomic E-state index is 9.27. The van der Waals surface area contributed by atoms with Crippen LogP contribution in [0.2, 0.25) is 0 Å². The lowest BCUT2D eigenvalue weighted by Gasteiger charge is -2.33. The highest BCUT2D eigenvalue weighted by Gasteiger charge is 2.32. The van der Waals surface area contributed by atoms with Crippen LogP contribution in [0.15, 0.2) is 0 Å². The van der Waals surface area contributed by atoms with Gasteiger partial charge in [0.25, 0.3) is 0 Å². The van der Waals surface area contributed by atoms with E-state index in [1.807, 2.05) is 0 Å². The van der Waals surface area contributed by atoms with Gasteiger partial charge < -0.3 is 10.4 Å². The molecule has 2 saturated heterocycles. The molecule has 2 heterocycles. The Morgan fingerprint density at radius 1 is 1.43 bits per heavy atom. The van der Waals surface area contributed by atoms with Gasteiger partial charge in [-0.3, -0.25) is 4.90 Å². The fraction of sp³-hybridized carbons (Fsp3) is 1.00. The Labute approximate surface area is 86.5 Å². The summed E-state index contributed by atoms with van der Waals surface area (Å²) in [6.45, 7) is 4.98. The molecule has 0 aromatic rings. The Morgan fingerprint density at radius 3 is 2.93 bits per heavy atom. The molecule has 2 aliphatic heterocycles. The fourth-order valence-corrected chi connectivity index (χ4v) is 2.94. The van der Waals surface area contributed by atoms with Crippen molar-refractivity contribution in [1.29, 1.82) is 0 Å². The van der Waals surface area contributed by atoms with Crippen molar-refractivity contribution in [3.05, 3.63) is 0 Å². The topological polar surface area (TPSA) is 35.5 Å². The second-order valence-corrected chi connectivity index (χ2v) is 4.66. The van der Waals surface area contributed by atoms with Crippen molar-refractivity contribution in [3.8, 4) is 0 Å². The van der Waals surface area contributed by atoms with Crippen molar-refractivity contribution in [2.24, 2.45) is 0 Å². The van der Waals surface area contributed by atoms with Gasteiger partial charge in [0.05, 0.1) is 6.61 Å². The van der Waals surface area contributed by atoms with Crippen molar-refractivity contribution in [2.75, 3.05) is 19.7 Å². The van der Waals surface area contributed by atoms with Crippen molar-refractivity contribution in [3.63, 3.8) is 0 Å². The minimum Gasteiger partial charge on any atom is -0.395 e. The largest absolute Gasteiger partial charge is 0.395 e. The summed E-state index contributed by atoms with van der Waals surface area (Å²) >= 11 is 0. The van der Waals surface area contributed by atoms with Gasteiger partial charge in [0.15, 0.2) is 0 Å². The molecular formula is C11H22N2O. The van der Waals surface area contributed by atoms with Gasteiger partial charge in [-0.15, -0.1) is 0 Å². The molecule has 2 unspecified atom stereocenters. The molecule has 2 aliphatic rings. The van der Waals surface area contributed by atoms with Crippen LogP contribution in [-0.4, -0.2) is 47.8 Å². The second kappa shape index (κ2) is 4.60. The minimum absolute atomic E-state index is 0.330. The van der Waals surface area contributed by atoms with E-state index in [4.69, 9.17) is 0 Å². The Bertz CT molecular complexity index is 180. The number of likely N-dealkylation sites (tertiary alicyclic amines) is 1. The second-order valence-electron chi connectivity index (χ2n) is 4.66. The van der Waals surface area contributed by atoms with Crippen molar-refractivity contribution < 1.29 is 5.11 Å². The monoisotopic (exact) mass is 198 g/mol. The van der Waals surface area contributed by atoms with Gasteiger partial charge in [0, 0.05) is 18.1 Å². The molecular weight excluding hydrogens is 176 g/mol. The van der Waals surface area contributed by atoms with Crippen LogP contribution in [0.5, 0.6) is 0 Å². The van der Waals surface area contributed by atoms with E-state index in [-0.39, 0.29) is 0 Å². The lowest BCUT2D eigenvalue weighted by molar-refractivity contribution is 0.110. The average molecular weight is 198 g/mol. The summed E-state index contributed by atoms with van der Waals surface area (Å²) in [5.41, 5.74) is 0. The van der Waals surface area contributed by atoms with Crippen LogP contribution in [0, 0.1) is 0 Å². The van der Waals surface area contributed by atoms with Gasteiger partial charge in [0.1, 0.15) is 0 Å². The summed E-state index contributed by atoms with van der Waals surface area (Å²) < 4.78 is 0. The Balaban J connectivity index is 1.92. The maximum atomic E-state index is 9.27. The summed E-state index contributed by atoms with van der Waals surface area (Å²) in [5.74, 6) is 0. The molecule has 2 fully saturated rings. The number of aliphatic hydroxyl groups is 1. The van der Waals surface area contributed by atoms with Gasteiger partial charge in [-0.1, -0.05) is 0 Å². The number of nitrogens with one attached hydrogen (secondary N) is 1. The van der Waals surface area contributed by atoms with Crippen molar-refractivity contribution in [1.82, 2.24) is 10.2 Å². The van der Waals surface area contributed by atoms with E-state index in [2.05, 4.69) is 17.1 Å². The third kappa shape index (κ3) is 1.95. The number of aliphatic hydroxyl groups excluding tert-OH is 1. The molecule has 0 saturated carbocycles. The third-order valence-electron chi connectivity index (χ3n) is 3.84. The molecule has 0 aromatic heterocycles. The average Bonchev–Trinajstić information content (AvgIpc) is 2.87. The molecule has 0 radical (unpaired) electrons. The molecule has 0 aliphatic carbocycles. The minimum atomic E-state index is 0.330. The summed E-state index contributed by atoms with van der Waals surface area (Å²) in [4.78, 5) is 2.49. The Morgan fingerprint density at radius 2 is 2.29 bits per heavy atom. The standard InChI is InChI=1S/C11H22N2O/c1-9(11-5-2-6-12-11)13-7-3-4-10(13)8-14/h9-12,14H,2-8H2,1H3/t9?,10-,11?/m1/s1. The molecule has 82 valence electrons. The van der Waals surface area contributed by atoms with Gasteiger partial charge >= 0.3 is 0 Å². The lowest BCUT2D eigenvalue weighted by atomic mass is 10.1. The summed E-state index contributed by atoms with van der Waals surface area (Å²) in [5, 5.41) is 12.8. The third-order valence-corrected chi connectivity index (χ3v) is 3.84. The van der Waals surface area contributed by atoms with Crippen LogP contribution in [-0.2, 0) is 0 Å². The van der Waals surface area contributed by atoms with Crippen LogP contribution in [0.1, 0.15) is 32.6 Å². The molecule has 0 aromatic carbocycles. The van der Waals surface area contributed by atoms with Crippen LogP contribution in [0.25, 0.3) is 0 Å². The van der Waals surface area contributed by atoms with E-state index in [1.165, 1.54) is 38.8 Å². The molecule has 3 heteroatoms. The van der Waals surface area contributed by atoms with E-state index < -0.39 is 0 Å². The predicted molar refractivity (Wildman–Crippen MR) is 57.3 cm³/mol. The molecule has 0 spiro atoms. The van der Waals surface area contributed by atoms with Crippen molar-refractivity contribution >= 4 is 0 Å². The number of hydrogen-bond acceptors (Lipinski definition) is 3. The fourth-order valence-electron chi connectivity index (χ4n) is 2.94. The normalized spacial score (nSPS) is 36.4. The first-order valence-electron chi connectivity index (χ1n) is 5.93. The highest BCUT2D eigenvalue weighted by molar-refractivity contribution is 4.90. The molecule has 3 nitrogen and oxygen atoms in total. The quantitative estimate of drug-likeness (QED) is 0.696. The first kappa shape index (κ1) is 10.4. The van der Waals surface area contributed by atoms with E-state index >= 15 is 0 Å². The SMILES string of the molecule is CC(C1CCCN1)N1CCC[C@@H]1CO. The van der Waals surface area contributed by atoms with Crippen LogP contribution < -0.4 is 5.32 Å². The number of rotatable bonds is 3. The van der Waals surface area contributed by atoms with Gasteiger partial charge in [0.2, 0.25) is 0 Å². The smallest absolute Gasteiger partial charge is 0.0587 e. The van der Waals surface area contributed by atoms with Crippen LogP contribution in [0.4, 0.5) is 0 Å². The van der Waals surface area contributed by atoms with Crippen LogP contribution in [0.3, 0.4) is 0 Å². The zero-order valence-corrected chi connectivity index (χ0v) is 9.08. The molecule has 14 heavy (non-hydrogen) atoms. The molecule has 2 rings (SSSR count). The van der Waals surface area contributed by atoms with E-state index in [1.54, 1.807) is 0 Å². The highest BCUT2D eigenvalue weighted by Crippen LogP contribution is 2.23. The first-order chi connectivity index (χ1) is 6.83. The van der Waals surface area contributed by atoms with Crippen LogP contribution >= 0.6 is 0 Å². The zero-order chi connectivity index (χ0) is 9.97. The van der Waals surface area contributed by atoms with Gasteiger partial charge in [-0.2, -0.15) is 0 Å². The summed E-state index contributed by atoms with van der Waals surface area (Å²) in [6, 6.07) is 1.67. The van der Waals surface area contributed by atoms with Gasteiger partial charge in [-0.25, -0.2) is 0 Å². The highest BCUT2D eigenvalue weighted by atomic mass is 16.3. The lowest BCUT2D eigenvalue weighted by Crippen LogP contribution is -2.48. The number of hydrogen-bond donors (Lipinski definition) is 2. The van der Waals surface area contributed by atoms with E-state index in [0.717, 1.165) is 0 Å². The first-order valence-corrected chi connectivity index (χ1v) is 5.93. The molecule has 0 bridgehead atoms. The summed E-state index contributed by atoms with van der Waals surface area (Å²) in [6.07, 6.45) is 5.04. The van der Waals surface area contributed by atoms with E-state index in [0.29, 0.717) is 24.7 Å². The number of nitrogens with zero attached hydrogens (tertiary/aromatic N) is 1. The summed E-state index contributed by atoms with van der Waals surface area (Å²) in [7, 11) is 0. The van der Waals surface area contributed by atoms with Crippen molar-refractivity contribution in [2.45, 2.75) is 50.7 Å². The van der Waals surface area contributed by atoms with Gasteiger partial charge in [-0.05, 0) is 45.7 Å². The van der Waals surface area contributed by atoms with E-state index in [9.17, 15) is 5.11 Å². The maximum Gasteiger partial charge on any atom is 0.0587 e. The molecule has 2 N–H and O–H groups in total.